The molecule has 4 rings (SSSR count). The topological polar surface area (TPSA) is 109 Å². The maximum atomic E-state index is 11.1. The van der Waals surface area contributed by atoms with Crippen LogP contribution in [-0.2, 0) is 0 Å². The summed E-state index contributed by atoms with van der Waals surface area (Å²) in [5, 5.41) is 28.2. The molecule has 0 saturated heterocycles. The first-order valence-electron chi connectivity index (χ1n) is 11.0. The standard InChI is InChI=1S/C25H24N6O3S/c1-3-29(4-2)22-12-9-19(24(32)14-22)15-27-30-23(18-7-10-21(11-8-18)31(33)34)17-35-25(30)28-20-6-5-13-26-16-20/h5-17,32H,3-4H2,1-2H3. The fraction of sp³-hybridized carbons (Fsp3) is 0.160. The molecule has 0 bridgehead atoms. The lowest BCUT2D eigenvalue weighted by Crippen LogP contribution is -2.21. The van der Waals surface area contributed by atoms with Gasteiger partial charge in [-0.25, -0.2) is 9.67 Å². The second kappa shape index (κ2) is 10.7. The lowest BCUT2D eigenvalue weighted by atomic mass is 10.1. The minimum Gasteiger partial charge on any atom is -0.507 e. The van der Waals surface area contributed by atoms with Gasteiger partial charge in [0, 0.05) is 59.7 Å². The molecule has 0 atom stereocenters. The first-order chi connectivity index (χ1) is 17.0. The van der Waals surface area contributed by atoms with Crippen LogP contribution in [0, 0.1) is 10.1 Å². The summed E-state index contributed by atoms with van der Waals surface area (Å²) >= 11 is 1.38. The van der Waals surface area contributed by atoms with Crippen LogP contribution >= 0.6 is 11.3 Å². The molecule has 0 saturated carbocycles. The normalized spacial score (nSPS) is 11.8. The highest BCUT2D eigenvalue weighted by molar-refractivity contribution is 7.07. The highest BCUT2D eigenvalue weighted by Crippen LogP contribution is 2.25. The van der Waals surface area contributed by atoms with Crippen LogP contribution in [-0.4, -0.2) is 39.0 Å². The molecule has 2 heterocycles. The van der Waals surface area contributed by atoms with Gasteiger partial charge in [-0.2, -0.15) is 5.10 Å². The summed E-state index contributed by atoms with van der Waals surface area (Å²) < 4.78 is 1.65. The van der Waals surface area contributed by atoms with Gasteiger partial charge >= 0.3 is 0 Å². The molecule has 0 aliphatic rings. The Balaban J connectivity index is 1.77. The van der Waals surface area contributed by atoms with E-state index in [1.165, 1.54) is 23.5 Å². The lowest BCUT2D eigenvalue weighted by molar-refractivity contribution is -0.384. The van der Waals surface area contributed by atoms with Gasteiger partial charge in [-0.1, -0.05) is 0 Å². The number of hydrogen-bond acceptors (Lipinski definition) is 8. The molecule has 178 valence electrons. The molecular weight excluding hydrogens is 464 g/mol. The fourth-order valence-corrected chi connectivity index (χ4v) is 4.37. The summed E-state index contributed by atoms with van der Waals surface area (Å²) in [7, 11) is 0. The smallest absolute Gasteiger partial charge is 0.269 e. The SMILES string of the molecule is CCN(CC)c1ccc(C=Nn2c(-c3ccc([N+](=O)[O-])cc3)csc2=Nc2cccnc2)c(O)c1. The number of hydrogen-bond donors (Lipinski definition) is 1. The molecule has 2 aromatic heterocycles. The van der Waals surface area contributed by atoms with Crippen molar-refractivity contribution in [1.29, 1.82) is 0 Å². The van der Waals surface area contributed by atoms with E-state index in [0.29, 0.717) is 21.7 Å². The molecule has 0 radical (unpaired) electrons. The molecule has 1 N–H and O–H groups in total. The number of pyridine rings is 1. The van der Waals surface area contributed by atoms with E-state index < -0.39 is 4.92 Å². The van der Waals surface area contributed by atoms with Crippen LogP contribution in [0.4, 0.5) is 17.1 Å². The molecule has 0 aliphatic carbocycles. The summed E-state index contributed by atoms with van der Waals surface area (Å²) in [5.74, 6) is 0.122. The monoisotopic (exact) mass is 488 g/mol. The maximum Gasteiger partial charge on any atom is 0.269 e. The predicted molar refractivity (Wildman–Crippen MR) is 139 cm³/mol. The number of benzene rings is 2. The fourth-order valence-electron chi connectivity index (χ4n) is 3.52. The first-order valence-corrected chi connectivity index (χ1v) is 11.9. The second-order valence-electron chi connectivity index (χ2n) is 7.50. The number of rotatable bonds is 8. The number of non-ortho nitro benzene ring substituents is 1. The molecule has 0 fully saturated rings. The second-order valence-corrected chi connectivity index (χ2v) is 8.34. The van der Waals surface area contributed by atoms with E-state index in [0.717, 1.165) is 24.3 Å². The van der Waals surface area contributed by atoms with Crippen molar-refractivity contribution in [2.45, 2.75) is 13.8 Å². The molecule has 4 aromatic rings. The molecule has 10 heteroatoms. The number of nitro benzene ring substituents is 1. The minimum absolute atomic E-state index is 0.0116. The van der Waals surface area contributed by atoms with Gasteiger partial charge in [-0.3, -0.25) is 15.1 Å². The van der Waals surface area contributed by atoms with Gasteiger partial charge in [0.05, 0.1) is 28.7 Å². The van der Waals surface area contributed by atoms with E-state index in [1.807, 2.05) is 23.6 Å². The molecule has 0 aliphatic heterocycles. The number of thiazole rings is 1. The van der Waals surface area contributed by atoms with E-state index in [9.17, 15) is 15.2 Å². The van der Waals surface area contributed by atoms with Gasteiger partial charge in [0.1, 0.15) is 5.75 Å². The van der Waals surface area contributed by atoms with Crippen LogP contribution in [0.1, 0.15) is 19.4 Å². The molecule has 9 nitrogen and oxygen atoms in total. The number of anilines is 1. The average Bonchev–Trinajstić information content (AvgIpc) is 3.27. The molecule has 0 unspecified atom stereocenters. The van der Waals surface area contributed by atoms with Crippen LogP contribution in [0.25, 0.3) is 11.3 Å². The number of phenols is 1. The molecule has 0 spiro atoms. The number of aromatic nitrogens is 2. The molecule has 0 amide bonds. The summed E-state index contributed by atoms with van der Waals surface area (Å²) in [4.78, 5) is 22.1. The Hall–Kier alpha value is -4.31. The van der Waals surface area contributed by atoms with Gasteiger partial charge in [0.2, 0.25) is 4.80 Å². The molecule has 35 heavy (non-hydrogen) atoms. The molecule has 2 aromatic carbocycles. The Morgan fingerprint density at radius 3 is 2.57 bits per heavy atom. The summed E-state index contributed by atoms with van der Waals surface area (Å²) in [6.07, 6.45) is 4.90. The Kier molecular flexibility index (Phi) is 7.32. The van der Waals surface area contributed by atoms with E-state index in [1.54, 1.807) is 47.5 Å². The Bertz CT molecular complexity index is 1410. The van der Waals surface area contributed by atoms with Crippen LogP contribution in [0.2, 0.25) is 0 Å². The third kappa shape index (κ3) is 5.44. The van der Waals surface area contributed by atoms with Crippen LogP contribution in [0.3, 0.4) is 0 Å². The van der Waals surface area contributed by atoms with Crippen molar-refractivity contribution in [3.63, 3.8) is 0 Å². The number of aromatic hydroxyl groups is 1. The highest BCUT2D eigenvalue weighted by Gasteiger charge is 2.11. The van der Waals surface area contributed by atoms with Crippen molar-refractivity contribution in [3.8, 4) is 17.0 Å². The van der Waals surface area contributed by atoms with Gasteiger partial charge in [-0.05, 0) is 50.2 Å². The van der Waals surface area contributed by atoms with Gasteiger partial charge in [0.25, 0.3) is 5.69 Å². The third-order valence-corrected chi connectivity index (χ3v) is 6.20. The van der Waals surface area contributed by atoms with Crippen molar-refractivity contribution in [2.75, 3.05) is 18.0 Å². The van der Waals surface area contributed by atoms with Crippen molar-refractivity contribution in [3.05, 3.63) is 92.9 Å². The minimum atomic E-state index is -0.433. The zero-order chi connectivity index (χ0) is 24.8. The maximum absolute atomic E-state index is 11.1. The first kappa shape index (κ1) is 23.8. The van der Waals surface area contributed by atoms with Crippen molar-refractivity contribution in [2.24, 2.45) is 10.1 Å². The Morgan fingerprint density at radius 1 is 1.17 bits per heavy atom. The zero-order valence-electron chi connectivity index (χ0n) is 19.3. The summed E-state index contributed by atoms with van der Waals surface area (Å²) in [6, 6.07) is 15.4. The van der Waals surface area contributed by atoms with Gasteiger partial charge < -0.3 is 10.0 Å². The largest absolute Gasteiger partial charge is 0.507 e. The van der Waals surface area contributed by atoms with Crippen LogP contribution < -0.4 is 9.70 Å². The quantitative estimate of drug-likeness (QED) is 0.209. The average molecular weight is 489 g/mol. The Labute approximate surface area is 206 Å². The van der Waals surface area contributed by atoms with Crippen molar-refractivity contribution >= 4 is 34.6 Å². The van der Waals surface area contributed by atoms with Crippen LogP contribution in [0.5, 0.6) is 5.75 Å². The van der Waals surface area contributed by atoms with E-state index in [-0.39, 0.29) is 11.4 Å². The number of phenolic OH excluding ortho intramolecular Hbond substituents is 1. The number of nitrogens with zero attached hydrogens (tertiary/aromatic N) is 6. The van der Waals surface area contributed by atoms with Crippen LogP contribution in [0.15, 0.2) is 82.5 Å². The summed E-state index contributed by atoms with van der Waals surface area (Å²) in [5.41, 5.74) is 3.63. The predicted octanol–water partition coefficient (Wildman–Crippen LogP) is 5.19. The third-order valence-electron chi connectivity index (χ3n) is 5.38. The zero-order valence-corrected chi connectivity index (χ0v) is 20.1. The lowest BCUT2D eigenvalue weighted by Gasteiger charge is -2.21. The van der Waals surface area contributed by atoms with Gasteiger partial charge in [-0.15, -0.1) is 11.3 Å². The van der Waals surface area contributed by atoms with E-state index in [4.69, 9.17) is 0 Å². The highest BCUT2D eigenvalue weighted by atomic mass is 32.1. The van der Waals surface area contributed by atoms with Crippen molar-refractivity contribution < 1.29 is 10.0 Å². The number of nitro groups is 1. The van der Waals surface area contributed by atoms with Crippen molar-refractivity contribution in [1.82, 2.24) is 9.66 Å². The van der Waals surface area contributed by atoms with E-state index >= 15 is 0 Å². The summed E-state index contributed by atoms with van der Waals surface area (Å²) in [6.45, 7) is 5.81. The Morgan fingerprint density at radius 2 is 1.94 bits per heavy atom. The molecular formula is C25H24N6O3S. The van der Waals surface area contributed by atoms with E-state index in [2.05, 4.69) is 33.8 Å². The van der Waals surface area contributed by atoms with Gasteiger partial charge in [0.15, 0.2) is 0 Å².